The second kappa shape index (κ2) is 3.69. The van der Waals surface area contributed by atoms with Gasteiger partial charge in [0.15, 0.2) is 5.11 Å². The first-order valence-corrected chi connectivity index (χ1v) is 4.25. The van der Waals surface area contributed by atoms with Gasteiger partial charge >= 0.3 is 5.97 Å². The topological polar surface area (TPSA) is 69.6 Å². The molecule has 0 aliphatic carbocycles. The van der Waals surface area contributed by atoms with Crippen LogP contribution in [0.25, 0.3) is 0 Å². The molecule has 0 saturated carbocycles. The van der Waals surface area contributed by atoms with Crippen LogP contribution in [0.4, 0.5) is 0 Å². The van der Waals surface area contributed by atoms with E-state index in [-0.39, 0.29) is 24.9 Å². The molecule has 1 fully saturated rings. The number of hydrogen-bond acceptors (Lipinski definition) is 3. The van der Waals surface area contributed by atoms with E-state index in [0.717, 1.165) is 0 Å². The molecule has 13 heavy (non-hydrogen) atoms. The summed E-state index contributed by atoms with van der Waals surface area (Å²) in [6.07, 6.45) is -0.0897. The Morgan fingerprint density at radius 3 is 2.85 bits per heavy atom. The lowest BCUT2D eigenvalue weighted by atomic mass is 10.2. The summed E-state index contributed by atoms with van der Waals surface area (Å²) in [5.41, 5.74) is 0. The van der Waals surface area contributed by atoms with Crippen molar-refractivity contribution in [2.45, 2.75) is 19.4 Å². The van der Waals surface area contributed by atoms with E-state index in [0.29, 0.717) is 5.11 Å². The Bertz CT molecular complexity index is 250. The van der Waals surface area contributed by atoms with Crippen molar-refractivity contribution in [3.8, 4) is 0 Å². The number of hydrogen-bond donors (Lipinski definition) is 2. The average molecular weight is 202 g/mol. The molecular formula is C7H10N2O3S. The lowest BCUT2D eigenvalue weighted by molar-refractivity contribution is -0.138. The molecule has 1 atom stereocenters. The van der Waals surface area contributed by atoms with Gasteiger partial charge in [0.25, 0.3) is 0 Å². The Balaban J connectivity index is 2.64. The zero-order valence-electron chi connectivity index (χ0n) is 7.11. The van der Waals surface area contributed by atoms with Crippen LogP contribution in [-0.2, 0) is 9.59 Å². The van der Waals surface area contributed by atoms with E-state index < -0.39 is 5.97 Å². The van der Waals surface area contributed by atoms with E-state index in [1.807, 2.05) is 0 Å². The van der Waals surface area contributed by atoms with Crippen molar-refractivity contribution < 1.29 is 14.7 Å². The van der Waals surface area contributed by atoms with Gasteiger partial charge in [-0.2, -0.15) is 0 Å². The predicted octanol–water partition coefficient (Wildman–Crippen LogP) is -0.434. The van der Waals surface area contributed by atoms with E-state index in [4.69, 9.17) is 17.3 Å². The molecule has 1 aliphatic rings. The number of aliphatic carboxylic acids is 1. The number of carbonyl (C=O) groups is 2. The molecule has 1 rings (SSSR count). The highest BCUT2D eigenvalue weighted by Crippen LogP contribution is 2.08. The van der Waals surface area contributed by atoms with E-state index in [2.05, 4.69) is 5.32 Å². The molecule has 0 aromatic carbocycles. The van der Waals surface area contributed by atoms with Crippen LogP contribution in [0, 0.1) is 0 Å². The molecule has 6 heteroatoms. The van der Waals surface area contributed by atoms with Crippen LogP contribution < -0.4 is 5.32 Å². The van der Waals surface area contributed by atoms with Crippen molar-refractivity contribution >= 4 is 29.2 Å². The van der Waals surface area contributed by atoms with E-state index >= 15 is 0 Å². The standard InChI is InChI=1S/C7H10N2O3S/c1-4(2-6(11)12)9-5(10)3-8-7(9)13/h4H,2-3H2,1H3,(H,8,13)(H,11,12). The van der Waals surface area contributed by atoms with Crippen molar-refractivity contribution in [3.63, 3.8) is 0 Å². The summed E-state index contributed by atoms with van der Waals surface area (Å²) in [5.74, 6) is -1.10. The Labute approximate surface area is 80.7 Å². The maximum absolute atomic E-state index is 11.2. The lowest BCUT2D eigenvalue weighted by Gasteiger charge is -2.21. The summed E-state index contributed by atoms with van der Waals surface area (Å²) >= 11 is 4.85. The average Bonchev–Trinajstić information content (AvgIpc) is 2.29. The third-order valence-electron chi connectivity index (χ3n) is 1.79. The van der Waals surface area contributed by atoms with Gasteiger partial charge in [-0.05, 0) is 19.1 Å². The summed E-state index contributed by atoms with van der Waals surface area (Å²) < 4.78 is 0. The van der Waals surface area contributed by atoms with Gasteiger partial charge in [-0.25, -0.2) is 0 Å². The summed E-state index contributed by atoms with van der Waals surface area (Å²) in [6, 6.07) is -0.382. The number of nitrogens with one attached hydrogen (secondary N) is 1. The molecule has 1 saturated heterocycles. The van der Waals surface area contributed by atoms with Gasteiger partial charge in [0.1, 0.15) is 0 Å². The van der Waals surface area contributed by atoms with Crippen molar-refractivity contribution in [2.75, 3.05) is 6.54 Å². The second-order valence-electron chi connectivity index (χ2n) is 2.87. The van der Waals surface area contributed by atoms with Gasteiger partial charge in [0, 0.05) is 6.04 Å². The molecule has 0 radical (unpaired) electrons. The molecule has 1 aliphatic heterocycles. The SMILES string of the molecule is CC(CC(=O)O)N1C(=O)CNC1=S. The summed E-state index contributed by atoms with van der Waals surface area (Å²) in [7, 11) is 0. The fourth-order valence-electron chi connectivity index (χ4n) is 1.22. The highest BCUT2D eigenvalue weighted by atomic mass is 32.1. The van der Waals surface area contributed by atoms with Crippen LogP contribution in [0.1, 0.15) is 13.3 Å². The van der Waals surface area contributed by atoms with Gasteiger partial charge in [-0.15, -0.1) is 0 Å². The number of rotatable bonds is 3. The second-order valence-corrected chi connectivity index (χ2v) is 3.26. The largest absolute Gasteiger partial charge is 0.481 e. The van der Waals surface area contributed by atoms with E-state index in [1.54, 1.807) is 6.92 Å². The zero-order chi connectivity index (χ0) is 10.0. The first kappa shape index (κ1) is 9.91. The minimum atomic E-state index is -0.935. The Kier molecular flexibility index (Phi) is 2.82. The van der Waals surface area contributed by atoms with Crippen LogP contribution in [-0.4, -0.2) is 39.6 Å². The molecule has 0 bridgehead atoms. The van der Waals surface area contributed by atoms with Crippen LogP contribution in [0.2, 0.25) is 0 Å². The normalized spacial score (nSPS) is 18.7. The van der Waals surface area contributed by atoms with Gasteiger partial charge < -0.3 is 10.4 Å². The molecule has 1 heterocycles. The molecule has 0 aromatic rings. The third kappa shape index (κ3) is 2.15. The summed E-state index contributed by atoms with van der Waals surface area (Å²) in [6.45, 7) is 1.83. The van der Waals surface area contributed by atoms with Crippen molar-refractivity contribution in [1.82, 2.24) is 10.2 Å². The molecule has 0 aromatic heterocycles. The first-order valence-electron chi connectivity index (χ1n) is 3.84. The van der Waals surface area contributed by atoms with Crippen LogP contribution in [0.5, 0.6) is 0 Å². The van der Waals surface area contributed by atoms with Crippen molar-refractivity contribution in [1.29, 1.82) is 0 Å². The molecule has 72 valence electrons. The maximum Gasteiger partial charge on any atom is 0.305 e. The van der Waals surface area contributed by atoms with Crippen LogP contribution in [0.3, 0.4) is 0 Å². The van der Waals surface area contributed by atoms with Gasteiger partial charge in [0.2, 0.25) is 5.91 Å². The molecule has 1 unspecified atom stereocenters. The van der Waals surface area contributed by atoms with Gasteiger partial charge in [-0.1, -0.05) is 0 Å². The van der Waals surface area contributed by atoms with Gasteiger partial charge in [0.05, 0.1) is 13.0 Å². The molecule has 5 nitrogen and oxygen atoms in total. The number of carbonyl (C=O) groups excluding carboxylic acids is 1. The first-order chi connectivity index (χ1) is 6.02. The Hall–Kier alpha value is -1.17. The highest BCUT2D eigenvalue weighted by Gasteiger charge is 2.30. The number of nitrogens with zero attached hydrogens (tertiary/aromatic N) is 1. The summed E-state index contributed by atoms with van der Waals surface area (Å²) in [5, 5.41) is 11.5. The number of thiocarbonyl (C=S) groups is 1. The Morgan fingerprint density at radius 1 is 1.85 bits per heavy atom. The third-order valence-corrected chi connectivity index (χ3v) is 2.13. The van der Waals surface area contributed by atoms with E-state index in [1.165, 1.54) is 4.90 Å². The molecule has 1 amide bonds. The monoisotopic (exact) mass is 202 g/mol. The number of carboxylic acid groups (broad SMARTS) is 1. The highest BCUT2D eigenvalue weighted by molar-refractivity contribution is 7.80. The fraction of sp³-hybridized carbons (Fsp3) is 0.571. The predicted molar refractivity (Wildman–Crippen MR) is 49.2 cm³/mol. The molecular weight excluding hydrogens is 192 g/mol. The van der Waals surface area contributed by atoms with Crippen molar-refractivity contribution in [3.05, 3.63) is 0 Å². The Morgan fingerprint density at radius 2 is 2.46 bits per heavy atom. The van der Waals surface area contributed by atoms with Crippen molar-refractivity contribution in [2.24, 2.45) is 0 Å². The van der Waals surface area contributed by atoms with Crippen LogP contribution >= 0.6 is 12.2 Å². The minimum Gasteiger partial charge on any atom is -0.481 e. The molecule has 0 spiro atoms. The maximum atomic E-state index is 11.2. The smallest absolute Gasteiger partial charge is 0.305 e. The van der Waals surface area contributed by atoms with Crippen LogP contribution in [0.15, 0.2) is 0 Å². The quantitative estimate of drug-likeness (QED) is 0.607. The van der Waals surface area contributed by atoms with Gasteiger partial charge in [-0.3, -0.25) is 14.5 Å². The number of carboxylic acids is 1. The van der Waals surface area contributed by atoms with E-state index in [9.17, 15) is 9.59 Å². The lowest BCUT2D eigenvalue weighted by Crippen LogP contribution is -2.39. The summed E-state index contributed by atoms with van der Waals surface area (Å²) in [4.78, 5) is 22.9. The molecule has 2 N–H and O–H groups in total. The minimum absolute atomic E-state index is 0.0897. The zero-order valence-corrected chi connectivity index (χ0v) is 7.93. The fourth-order valence-corrected chi connectivity index (χ4v) is 1.58. The number of amides is 1.